The van der Waals surface area contributed by atoms with Gasteiger partial charge >= 0.3 is 0 Å². The first-order valence-electron chi connectivity index (χ1n) is 8.60. The lowest BCUT2D eigenvalue weighted by atomic mass is 9.75. The van der Waals surface area contributed by atoms with Crippen LogP contribution in [0.5, 0.6) is 0 Å². The number of hydrogen-bond acceptors (Lipinski definition) is 2. The highest BCUT2D eigenvalue weighted by atomic mass is 15.1. The van der Waals surface area contributed by atoms with Gasteiger partial charge in [-0.2, -0.15) is 0 Å². The monoisotopic (exact) mass is 286 g/mol. The SMILES string of the molecule is CN(Cc1cccc2c1CCCN2)C1CCC(C)(C)CC1. The van der Waals surface area contributed by atoms with Crippen LogP contribution in [-0.4, -0.2) is 24.5 Å². The van der Waals surface area contributed by atoms with Crippen molar-refractivity contribution in [2.24, 2.45) is 5.41 Å². The van der Waals surface area contributed by atoms with Crippen molar-refractivity contribution < 1.29 is 0 Å². The van der Waals surface area contributed by atoms with Crippen molar-refractivity contribution in [1.82, 2.24) is 4.90 Å². The fourth-order valence-corrected chi connectivity index (χ4v) is 3.95. The Morgan fingerprint density at radius 3 is 2.76 bits per heavy atom. The largest absolute Gasteiger partial charge is 0.385 e. The summed E-state index contributed by atoms with van der Waals surface area (Å²) in [6, 6.07) is 7.55. The molecule has 1 N–H and O–H groups in total. The van der Waals surface area contributed by atoms with Crippen LogP contribution in [0.4, 0.5) is 5.69 Å². The summed E-state index contributed by atoms with van der Waals surface area (Å²) in [5.41, 5.74) is 5.03. The van der Waals surface area contributed by atoms with Crippen LogP contribution in [-0.2, 0) is 13.0 Å². The van der Waals surface area contributed by atoms with Crippen molar-refractivity contribution in [3.05, 3.63) is 29.3 Å². The predicted octanol–water partition coefficient (Wildman–Crippen LogP) is 4.45. The molecule has 0 atom stereocenters. The number of rotatable bonds is 3. The molecule has 1 aromatic carbocycles. The van der Waals surface area contributed by atoms with Gasteiger partial charge < -0.3 is 5.32 Å². The summed E-state index contributed by atoms with van der Waals surface area (Å²) >= 11 is 0. The van der Waals surface area contributed by atoms with Gasteiger partial charge in [0.1, 0.15) is 0 Å². The van der Waals surface area contributed by atoms with Crippen molar-refractivity contribution in [2.45, 2.75) is 65.0 Å². The third-order valence-electron chi connectivity index (χ3n) is 5.54. The fourth-order valence-electron chi connectivity index (χ4n) is 3.95. The zero-order valence-electron chi connectivity index (χ0n) is 13.9. The second-order valence-corrected chi connectivity index (χ2v) is 7.78. The van der Waals surface area contributed by atoms with Gasteiger partial charge in [0.15, 0.2) is 0 Å². The highest BCUT2D eigenvalue weighted by Gasteiger charge is 2.29. The van der Waals surface area contributed by atoms with Crippen molar-refractivity contribution in [3.8, 4) is 0 Å². The Bertz CT molecular complexity index is 482. The first-order valence-corrected chi connectivity index (χ1v) is 8.60. The van der Waals surface area contributed by atoms with Gasteiger partial charge in [-0.15, -0.1) is 0 Å². The molecule has 1 heterocycles. The van der Waals surface area contributed by atoms with Crippen LogP contribution < -0.4 is 5.32 Å². The van der Waals surface area contributed by atoms with E-state index in [2.05, 4.69) is 49.3 Å². The number of benzene rings is 1. The highest BCUT2D eigenvalue weighted by Crippen LogP contribution is 2.37. The molecule has 2 nitrogen and oxygen atoms in total. The number of nitrogens with zero attached hydrogens (tertiary/aromatic N) is 1. The van der Waals surface area contributed by atoms with Crippen LogP contribution in [0.25, 0.3) is 0 Å². The van der Waals surface area contributed by atoms with Gasteiger partial charge in [-0.25, -0.2) is 0 Å². The average molecular weight is 286 g/mol. The second-order valence-electron chi connectivity index (χ2n) is 7.78. The maximum absolute atomic E-state index is 3.55. The standard InChI is InChI=1S/C19H30N2/c1-19(2)11-9-16(10-12-19)21(3)14-15-6-4-8-18-17(15)7-5-13-20-18/h4,6,8,16,20H,5,7,9-14H2,1-3H3. The van der Waals surface area contributed by atoms with Gasteiger partial charge in [0.05, 0.1) is 0 Å². The molecule has 0 bridgehead atoms. The topological polar surface area (TPSA) is 15.3 Å². The Morgan fingerprint density at radius 1 is 1.24 bits per heavy atom. The van der Waals surface area contributed by atoms with Crippen LogP contribution in [0.2, 0.25) is 0 Å². The smallest absolute Gasteiger partial charge is 0.0375 e. The molecule has 0 spiro atoms. The van der Waals surface area contributed by atoms with Crippen molar-refractivity contribution >= 4 is 5.69 Å². The average Bonchev–Trinajstić information content (AvgIpc) is 2.47. The minimum atomic E-state index is 0.563. The molecule has 1 aliphatic heterocycles. The van der Waals surface area contributed by atoms with E-state index < -0.39 is 0 Å². The molecule has 1 fully saturated rings. The molecule has 0 radical (unpaired) electrons. The lowest BCUT2D eigenvalue weighted by molar-refractivity contribution is 0.123. The van der Waals surface area contributed by atoms with E-state index >= 15 is 0 Å². The molecule has 1 aliphatic carbocycles. The van der Waals surface area contributed by atoms with E-state index in [9.17, 15) is 0 Å². The van der Waals surface area contributed by atoms with E-state index in [4.69, 9.17) is 0 Å². The van der Waals surface area contributed by atoms with Gasteiger partial charge in [-0.05, 0) is 68.2 Å². The summed E-state index contributed by atoms with van der Waals surface area (Å²) in [6.45, 7) is 7.07. The molecule has 1 aromatic rings. The molecule has 0 amide bonds. The third-order valence-corrected chi connectivity index (χ3v) is 5.54. The van der Waals surface area contributed by atoms with E-state index in [0.717, 1.165) is 19.1 Å². The molecular formula is C19H30N2. The zero-order valence-corrected chi connectivity index (χ0v) is 13.9. The summed E-state index contributed by atoms with van der Waals surface area (Å²) in [5.74, 6) is 0. The Morgan fingerprint density at radius 2 is 2.00 bits per heavy atom. The van der Waals surface area contributed by atoms with Crippen molar-refractivity contribution in [1.29, 1.82) is 0 Å². The zero-order chi connectivity index (χ0) is 14.9. The van der Waals surface area contributed by atoms with Gasteiger partial charge in [-0.3, -0.25) is 4.90 Å². The van der Waals surface area contributed by atoms with Crippen LogP contribution >= 0.6 is 0 Å². The van der Waals surface area contributed by atoms with Gasteiger partial charge in [0.25, 0.3) is 0 Å². The summed E-state index contributed by atoms with van der Waals surface area (Å²) in [5, 5.41) is 3.55. The summed E-state index contributed by atoms with van der Waals surface area (Å²) < 4.78 is 0. The summed E-state index contributed by atoms with van der Waals surface area (Å²) in [4.78, 5) is 2.60. The maximum Gasteiger partial charge on any atom is 0.0375 e. The van der Waals surface area contributed by atoms with Crippen LogP contribution in [0.1, 0.15) is 57.1 Å². The molecule has 2 heteroatoms. The highest BCUT2D eigenvalue weighted by molar-refractivity contribution is 5.56. The predicted molar refractivity (Wildman–Crippen MR) is 90.8 cm³/mol. The Balaban J connectivity index is 1.67. The Labute approximate surface area is 129 Å². The van der Waals surface area contributed by atoms with E-state index in [1.54, 1.807) is 5.56 Å². The molecule has 3 rings (SSSR count). The Hall–Kier alpha value is -1.02. The minimum absolute atomic E-state index is 0.563. The lowest BCUT2D eigenvalue weighted by Gasteiger charge is -2.39. The van der Waals surface area contributed by atoms with Crippen LogP contribution in [0.3, 0.4) is 0 Å². The van der Waals surface area contributed by atoms with Crippen molar-refractivity contribution in [2.75, 3.05) is 18.9 Å². The lowest BCUT2D eigenvalue weighted by Crippen LogP contribution is -2.37. The van der Waals surface area contributed by atoms with Crippen molar-refractivity contribution in [3.63, 3.8) is 0 Å². The number of fused-ring (bicyclic) bond motifs is 1. The normalized spacial score (nSPS) is 21.9. The molecular weight excluding hydrogens is 256 g/mol. The van der Waals surface area contributed by atoms with Crippen LogP contribution in [0, 0.1) is 5.41 Å². The van der Waals surface area contributed by atoms with Gasteiger partial charge in [0, 0.05) is 24.8 Å². The second kappa shape index (κ2) is 6.00. The van der Waals surface area contributed by atoms with E-state index in [1.165, 1.54) is 49.8 Å². The first kappa shape index (κ1) is 14.9. The minimum Gasteiger partial charge on any atom is -0.385 e. The fraction of sp³-hybridized carbons (Fsp3) is 0.684. The summed E-state index contributed by atoms with van der Waals surface area (Å²) in [7, 11) is 2.32. The number of nitrogens with one attached hydrogen (secondary N) is 1. The number of anilines is 1. The first-order chi connectivity index (χ1) is 10.1. The van der Waals surface area contributed by atoms with E-state index in [0.29, 0.717) is 5.41 Å². The van der Waals surface area contributed by atoms with Gasteiger partial charge in [0.2, 0.25) is 0 Å². The van der Waals surface area contributed by atoms with Crippen LogP contribution in [0.15, 0.2) is 18.2 Å². The molecule has 0 saturated heterocycles. The molecule has 0 unspecified atom stereocenters. The molecule has 21 heavy (non-hydrogen) atoms. The molecule has 2 aliphatic rings. The molecule has 116 valence electrons. The molecule has 1 saturated carbocycles. The maximum atomic E-state index is 3.55. The Kier molecular flexibility index (Phi) is 4.26. The quantitative estimate of drug-likeness (QED) is 0.883. The van der Waals surface area contributed by atoms with E-state index in [1.807, 2.05) is 0 Å². The third kappa shape index (κ3) is 3.42. The molecule has 0 aromatic heterocycles. The summed E-state index contributed by atoms with van der Waals surface area (Å²) in [6.07, 6.45) is 7.97. The van der Waals surface area contributed by atoms with E-state index in [-0.39, 0.29) is 0 Å². The number of hydrogen-bond donors (Lipinski definition) is 1. The van der Waals surface area contributed by atoms with Gasteiger partial charge in [-0.1, -0.05) is 26.0 Å².